The lowest BCUT2D eigenvalue weighted by atomic mass is 10.0. The molecule has 0 N–H and O–H groups in total. The maximum Gasteiger partial charge on any atom is 0.268 e. The molecule has 0 spiro atoms. The molecule has 2 atom stereocenters. The fourth-order valence-electron chi connectivity index (χ4n) is 3.42. The Morgan fingerprint density at radius 3 is 1.69 bits per heavy atom. The zero-order valence-electron chi connectivity index (χ0n) is 20.1. The van der Waals surface area contributed by atoms with Crippen LogP contribution in [0.2, 0.25) is 0 Å². The van der Waals surface area contributed by atoms with E-state index in [0.29, 0.717) is 11.0 Å². The molecule has 0 aromatic rings. The number of hydrogen-bond donors (Lipinski definition) is 0. The number of likely N-dealkylation sites (N-methyl/N-ethyl adjacent to an activating group) is 1. The highest BCUT2D eigenvalue weighted by Gasteiger charge is 2.19. The third kappa shape index (κ3) is 21.1. The van der Waals surface area contributed by atoms with E-state index >= 15 is 0 Å². The van der Waals surface area contributed by atoms with Gasteiger partial charge < -0.3 is 18.4 Å². The second-order valence-electron chi connectivity index (χ2n) is 9.49. The van der Waals surface area contributed by atoms with Gasteiger partial charge in [-0.15, -0.1) is 0 Å². The number of phosphoric acid groups is 1. The average molecular weight is 436 g/mol. The van der Waals surface area contributed by atoms with Gasteiger partial charge in [-0.25, -0.2) is 0 Å². The molecular formula is C23H50NO4P. The Balaban J connectivity index is 3.81. The normalized spacial score (nSPS) is 15.4. The van der Waals surface area contributed by atoms with Crippen molar-refractivity contribution >= 4 is 7.82 Å². The highest BCUT2D eigenvalue weighted by molar-refractivity contribution is 7.45. The van der Waals surface area contributed by atoms with Crippen LogP contribution in [0, 0.1) is 0 Å². The van der Waals surface area contributed by atoms with Gasteiger partial charge in [0.05, 0.1) is 27.2 Å². The Bertz CT molecular complexity index is 412. The van der Waals surface area contributed by atoms with Gasteiger partial charge in [0.1, 0.15) is 13.2 Å². The fourth-order valence-corrected chi connectivity index (χ4v) is 4.37. The SMILES string of the molecule is CCCCCCCCCCCCCCC(CCC)OP(=O)([O-])OCC[N+](C)(C)C. The number of phosphoric ester groups is 1. The first-order valence-electron chi connectivity index (χ1n) is 12.1. The van der Waals surface area contributed by atoms with Crippen LogP contribution in [0.1, 0.15) is 110 Å². The molecule has 6 heteroatoms. The molecule has 0 radical (unpaired) electrons. The smallest absolute Gasteiger partial charge is 0.268 e. The molecule has 0 aromatic heterocycles. The van der Waals surface area contributed by atoms with Gasteiger partial charge in [-0.2, -0.15) is 0 Å². The lowest BCUT2D eigenvalue weighted by Gasteiger charge is -2.30. The molecule has 0 saturated heterocycles. The van der Waals surface area contributed by atoms with Gasteiger partial charge in [0, 0.05) is 0 Å². The maximum absolute atomic E-state index is 12.1. The van der Waals surface area contributed by atoms with Crippen molar-refractivity contribution in [2.24, 2.45) is 0 Å². The minimum absolute atomic E-state index is 0.168. The zero-order valence-corrected chi connectivity index (χ0v) is 21.0. The molecule has 0 aromatic carbocycles. The fraction of sp³-hybridized carbons (Fsp3) is 1.00. The van der Waals surface area contributed by atoms with Crippen molar-refractivity contribution in [2.45, 2.75) is 116 Å². The summed E-state index contributed by atoms with van der Waals surface area (Å²) in [4.78, 5) is 12.1. The van der Waals surface area contributed by atoms with E-state index in [1.165, 1.54) is 64.2 Å². The van der Waals surface area contributed by atoms with Crippen LogP contribution in [-0.4, -0.2) is 44.9 Å². The summed E-state index contributed by atoms with van der Waals surface area (Å²) in [6.45, 7) is 5.12. The van der Waals surface area contributed by atoms with E-state index in [0.717, 1.165) is 32.1 Å². The summed E-state index contributed by atoms with van der Waals surface area (Å²) in [6, 6.07) is 0. The van der Waals surface area contributed by atoms with Gasteiger partial charge in [0.2, 0.25) is 0 Å². The molecule has 0 heterocycles. The third-order valence-corrected chi connectivity index (χ3v) is 6.34. The van der Waals surface area contributed by atoms with Crippen molar-refractivity contribution in [3.63, 3.8) is 0 Å². The van der Waals surface area contributed by atoms with Crippen molar-refractivity contribution in [3.8, 4) is 0 Å². The zero-order chi connectivity index (χ0) is 22.0. The Kier molecular flexibility index (Phi) is 17.8. The van der Waals surface area contributed by atoms with E-state index in [1.807, 2.05) is 21.1 Å². The predicted molar refractivity (Wildman–Crippen MR) is 122 cm³/mol. The molecule has 0 aliphatic carbocycles. The van der Waals surface area contributed by atoms with Crippen molar-refractivity contribution in [1.82, 2.24) is 0 Å². The van der Waals surface area contributed by atoms with Gasteiger partial charge in [0.25, 0.3) is 7.82 Å². The minimum atomic E-state index is -4.21. The van der Waals surface area contributed by atoms with Crippen molar-refractivity contribution in [2.75, 3.05) is 34.3 Å². The van der Waals surface area contributed by atoms with Crippen LogP contribution >= 0.6 is 7.82 Å². The molecule has 0 bridgehead atoms. The first-order valence-corrected chi connectivity index (χ1v) is 13.6. The summed E-state index contributed by atoms with van der Waals surface area (Å²) in [5, 5.41) is 0. The van der Waals surface area contributed by atoms with Crippen LogP contribution in [0.25, 0.3) is 0 Å². The highest BCUT2D eigenvalue weighted by Crippen LogP contribution is 2.41. The van der Waals surface area contributed by atoms with Crippen LogP contribution in [0.4, 0.5) is 0 Å². The summed E-state index contributed by atoms with van der Waals surface area (Å²) in [6.07, 6.45) is 17.9. The lowest BCUT2D eigenvalue weighted by molar-refractivity contribution is -0.870. The van der Waals surface area contributed by atoms with Crippen LogP contribution in [-0.2, 0) is 13.6 Å². The van der Waals surface area contributed by atoms with Gasteiger partial charge in [-0.05, 0) is 12.8 Å². The van der Waals surface area contributed by atoms with Crippen molar-refractivity contribution < 1.29 is 23.0 Å². The summed E-state index contributed by atoms with van der Waals surface area (Å²) in [7, 11) is 1.81. The maximum atomic E-state index is 12.1. The Hall–Kier alpha value is 0.0700. The van der Waals surface area contributed by atoms with Crippen molar-refractivity contribution in [3.05, 3.63) is 0 Å². The van der Waals surface area contributed by atoms with Crippen LogP contribution in [0.15, 0.2) is 0 Å². The number of hydrogen-bond acceptors (Lipinski definition) is 4. The number of rotatable bonds is 21. The predicted octanol–water partition coefficient (Wildman–Crippen LogP) is 6.45. The van der Waals surface area contributed by atoms with E-state index in [9.17, 15) is 9.46 Å². The number of quaternary nitrogens is 1. The van der Waals surface area contributed by atoms with Gasteiger partial charge in [-0.3, -0.25) is 4.57 Å². The van der Waals surface area contributed by atoms with Gasteiger partial charge in [0.15, 0.2) is 0 Å². The van der Waals surface area contributed by atoms with Crippen LogP contribution in [0.5, 0.6) is 0 Å². The van der Waals surface area contributed by atoms with E-state index in [1.54, 1.807) is 0 Å². The molecular weight excluding hydrogens is 385 g/mol. The second kappa shape index (κ2) is 17.7. The molecule has 29 heavy (non-hydrogen) atoms. The van der Waals surface area contributed by atoms with E-state index in [2.05, 4.69) is 13.8 Å². The molecule has 176 valence electrons. The molecule has 0 saturated carbocycles. The largest absolute Gasteiger partial charge is 0.756 e. The molecule has 0 rings (SSSR count). The lowest BCUT2D eigenvalue weighted by Crippen LogP contribution is -2.37. The molecule has 0 aliphatic rings. The quantitative estimate of drug-likeness (QED) is 0.118. The average Bonchev–Trinajstić information content (AvgIpc) is 2.61. The van der Waals surface area contributed by atoms with Crippen molar-refractivity contribution in [1.29, 1.82) is 0 Å². The molecule has 0 aliphatic heterocycles. The Labute approximate surface area is 181 Å². The monoisotopic (exact) mass is 435 g/mol. The highest BCUT2D eigenvalue weighted by atomic mass is 31.2. The summed E-state index contributed by atoms with van der Waals surface area (Å²) in [5.41, 5.74) is 0. The Morgan fingerprint density at radius 2 is 1.24 bits per heavy atom. The second-order valence-corrected chi connectivity index (χ2v) is 10.9. The molecule has 5 nitrogen and oxygen atoms in total. The van der Waals surface area contributed by atoms with E-state index in [4.69, 9.17) is 9.05 Å². The third-order valence-electron chi connectivity index (χ3n) is 5.28. The molecule has 0 fully saturated rings. The first-order chi connectivity index (χ1) is 13.7. The first kappa shape index (κ1) is 29.1. The Morgan fingerprint density at radius 1 is 0.759 bits per heavy atom. The number of unbranched alkanes of at least 4 members (excludes halogenated alkanes) is 11. The van der Waals surface area contributed by atoms with Crippen LogP contribution < -0.4 is 4.89 Å². The molecule has 2 unspecified atom stereocenters. The van der Waals surface area contributed by atoms with Gasteiger partial charge in [-0.1, -0.05) is 97.3 Å². The topological polar surface area (TPSA) is 58.6 Å². The van der Waals surface area contributed by atoms with Crippen LogP contribution in [0.3, 0.4) is 0 Å². The number of nitrogens with zero attached hydrogens (tertiary/aromatic N) is 1. The van der Waals surface area contributed by atoms with E-state index < -0.39 is 7.82 Å². The summed E-state index contributed by atoms with van der Waals surface area (Å²) < 4.78 is 23.2. The summed E-state index contributed by atoms with van der Waals surface area (Å²) >= 11 is 0. The minimum Gasteiger partial charge on any atom is -0.756 e. The standard InChI is InChI=1S/C23H50NO4P/c1-6-8-9-10-11-12-13-14-15-16-17-18-20-23(19-7-2)28-29(25,26)27-22-21-24(3,4)5/h23H,6-22H2,1-5H3. The van der Waals surface area contributed by atoms with Gasteiger partial charge >= 0.3 is 0 Å². The van der Waals surface area contributed by atoms with E-state index in [-0.39, 0.29) is 12.7 Å². The molecule has 0 amide bonds. The summed E-state index contributed by atoms with van der Waals surface area (Å²) in [5.74, 6) is 0.